The van der Waals surface area contributed by atoms with E-state index in [2.05, 4.69) is 31.0 Å². The highest BCUT2D eigenvalue weighted by molar-refractivity contribution is 7.92. The molecule has 4 rings (SSSR count). The summed E-state index contributed by atoms with van der Waals surface area (Å²) in [6.07, 6.45) is 3.88. The van der Waals surface area contributed by atoms with Crippen molar-refractivity contribution in [2.45, 2.75) is 51.6 Å². The zero-order valence-corrected chi connectivity index (χ0v) is 20.6. The Hall–Kier alpha value is -2.74. The predicted octanol–water partition coefficient (Wildman–Crippen LogP) is 4.14. The number of nitrogens with one attached hydrogen (secondary N) is 1. The smallest absolute Gasteiger partial charge is 0.267 e. The van der Waals surface area contributed by atoms with E-state index < -0.39 is 16.1 Å². The molecular weight excluding hydrogens is 438 g/mol. The van der Waals surface area contributed by atoms with Gasteiger partial charge in [0.2, 0.25) is 10.0 Å². The van der Waals surface area contributed by atoms with Crippen LogP contribution < -0.4 is 19.3 Å². The van der Waals surface area contributed by atoms with Crippen molar-refractivity contribution in [3.05, 3.63) is 48.0 Å². The van der Waals surface area contributed by atoms with Crippen molar-refractivity contribution in [3.8, 4) is 5.75 Å². The van der Waals surface area contributed by atoms with Crippen molar-refractivity contribution in [3.63, 3.8) is 0 Å². The van der Waals surface area contributed by atoms with Crippen LogP contribution in [0.5, 0.6) is 5.75 Å². The fourth-order valence-electron chi connectivity index (χ4n) is 4.30. The Morgan fingerprint density at radius 2 is 1.70 bits per heavy atom. The van der Waals surface area contributed by atoms with Crippen LogP contribution in [0.2, 0.25) is 0 Å². The first-order valence-corrected chi connectivity index (χ1v) is 13.3. The summed E-state index contributed by atoms with van der Waals surface area (Å²) in [4.78, 5) is 15.3. The van der Waals surface area contributed by atoms with Crippen LogP contribution in [0.4, 0.5) is 17.1 Å². The van der Waals surface area contributed by atoms with E-state index in [9.17, 15) is 13.2 Å². The molecule has 0 bridgehead atoms. The number of nitrogens with zero attached hydrogens (tertiary/aromatic N) is 2. The van der Waals surface area contributed by atoms with Crippen molar-refractivity contribution in [2.24, 2.45) is 0 Å². The van der Waals surface area contributed by atoms with Gasteiger partial charge in [0.15, 0.2) is 6.10 Å². The van der Waals surface area contributed by atoms with E-state index in [-0.39, 0.29) is 17.9 Å². The standard InChI is InChI=1S/C25H33N3O4S/c1-25(2,3)18-8-13-22-21(16-18)28(33(4,30)31)17-23(32-22)24(29)26-19-9-11-20(12-10-19)27-14-6-5-7-15-27/h8-13,16,23H,5-7,14-15,17H2,1-4H3,(H,26,29)/t23-/m0/s1. The third kappa shape index (κ3) is 5.27. The zero-order valence-electron chi connectivity index (χ0n) is 19.8. The molecule has 1 atom stereocenters. The summed E-state index contributed by atoms with van der Waals surface area (Å²) in [6.45, 7) is 8.23. The molecule has 1 fully saturated rings. The van der Waals surface area contributed by atoms with Crippen LogP contribution in [0.15, 0.2) is 42.5 Å². The number of carbonyl (C=O) groups is 1. The van der Waals surface area contributed by atoms with Crippen molar-refractivity contribution < 1.29 is 17.9 Å². The fraction of sp³-hybridized carbons (Fsp3) is 0.480. The molecule has 0 unspecified atom stereocenters. The van der Waals surface area contributed by atoms with Crippen LogP contribution >= 0.6 is 0 Å². The summed E-state index contributed by atoms with van der Waals surface area (Å²) in [7, 11) is -3.59. The highest BCUT2D eigenvalue weighted by Crippen LogP contribution is 2.38. The summed E-state index contributed by atoms with van der Waals surface area (Å²) in [5.74, 6) is 0.0141. The molecule has 178 valence electrons. The monoisotopic (exact) mass is 471 g/mol. The van der Waals surface area contributed by atoms with Crippen LogP contribution in [-0.4, -0.2) is 46.3 Å². The third-order valence-corrected chi connectivity index (χ3v) is 7.39. The van der Waals surface area contributed by atoms with Crippen LogP contribution in [0, 0.1) is 0 Å². The van der Waals surface area contributed by atoms with Gasteiger partial charge in [-0.05, 0) is 66.6 Å². The van der Waals surface area contributed by atoms with Crippen molar-refractivity contribution in [1.82, 2.24) is 0 Å². The molecule has 7 nitrogen and oxygen atoms in total. The molecule has 1 amide bonds. The van der Waals surface area contributed by atoms with Gasteiger partial charge >= 0.3 is 0 Å². The second-order valence-corrected chi connectivity index (χ2v) is 11.8. The lowest BCUT2D eigenvalue weighted by molar-refractivity contribution is -0.122. The first-order chi connectivity index (χ1) is 15.5. The first-order valence-electron chi connectivity index (χ1n) is 11.5. The number of fused-ring (bicyclic) bond motifs is 1. The highest BCUT2D eigenvalue weighted by atomic mass is 32.2. The molecule has 2 aromatic rings. The Kier molecular flexibility index (Phi) is 6.31. The zero-order chi connectivity index (χ0) is 23.8. The van der Waals surface area contributed by atoms with Crippen molar-refractivity contribution in [1.29, 1.82) is 0 Å². The van der Waals surface area contributed by atoms with Crippen LogP contribution in [0.3, 0.4) is 0 Å². The van der Waals surface area contributed by atoms with Gasteiger partial charge in [-0.3, -0.25) is 9.10 Å². The SMILES string of the molecule is CC(C)(C)c1ccc2c(c1)N(S(C)(=O)=O)C[C@@H](C(=O)Nc1ccc(N3CCCCC3)cc1)O2. The van der Waals surface area contributed by atoms with Crippen molar-refractivity contribution in [2.75, 3.05) is 40.4 Å². The minimum atomic E-state index is -3.59. The maximum atomic E-state index is 13.0. The summed E-state index contributed by atoms with van der Waals surface area (Å²) in [6, 6.07) is 13.3. The van der Waals surface area contributed by atoms with E-state index in [0.29, 0.717) is 17.1 Å². The van der Waals surface area contributed by atoms with E-state index in [1.165, 1.54) is 23.6 Å². The number of sulfonamides is 1. The van der Waals surface area contributed by atoms with Gasteiger partial charge in [-0.2, -0.15) is 0 Å². The number of amides is 1. The number of rotatable bonds is 4. The average Bonchev–Trinajstić information content (AvgIpc) is 2.77. The quantitative estimate of drug-likeness (QED) is 0.725. The molecule has 0 aliphatic carbocycles. The Labute approximate surface area is 196 Å². The molecule has 0 saturated carbocycles. The summed E-state index contributed by atoms with van der Waals surface area (Å²) in [5.41, 5.74) is 3.12. The Morgan fingerprint density at radius 3 is 2.30 bits per heavy atom. The maximum absolute atomic E-state index is 13.0. The molecule has 0 radical (unpaired) electrons. The van der Waals surface area contributed by atoms with E-state index in [1.54, 1.807) is 6.07 Å². The summed E-state index contributed by atoms with van der Waals surface area (Å²) >= 11 is 0. The molecule has 2 aromatic carbocycles. The number of anilines is 3. The Bertz CT molecular complexity index is 1120. The summed E-state index contributed by atoms with van der Waals surface area (Å²) in [5, 5.41) is 2.88. The van der Waals surface area contributed by atoms with Crippen LogP contribution in [0.1, 0.15) is 45.6 Å². The maximum Gasteiger partial charge on any atom is 0.267 e. The van der Waals surface area contributed by atoms with Gasteiger partial charge < -0.3 is 15.0 Å². The van der Waals surface area contributed by atoms with Gasteiger partial charge in [-0.25, -0.2) is 8.42 Å². The molecule has 2 heterocycles. The third-order valence-electron chi connectivity index (χ3n) is 6.24. The van der Waals surface area contributed by atoms with Gasteiger partial charge in [-0.15, -0.1) is 0 Å². The Balaban J connectivity index is 1.52. The van der Waals surface area contributed by atoms with Crippen LogP contribution in [-0.2, 0) is 20.2 Å². The molecule has 33 heavy (non-hydrogen) atoms. The minimum Gasteiger partial charge on any atom is -0.476 e. The Morgan fingerprint density at radius 1 is 1.03 bits per heavy atom. The molecule has 1 saturated heterocycles. The molecule has 0 aromatic heterocycles. The highest BCUT2D eigenvalue weighted by Gasteiger charge is 2.36. The number of benzene rings is 2. The van der Waals surface area contributed by atoms with E-state index in [4.69, 9.17) is 4.74 Å². The second-order valence-electron chi connectivity index (χ2n) is 9.92. The van der Waals surface area contributed by atoms with Gasteiger partial charge in [0.1, 0.15) is 5.75 Å². The molecule has 2 aliphatic rings. The molecule has 1 N–H and O–H groups in total. The number of piperidine rings is 1. The number of ether oxygens (including phenoxy) is 1. The number of carbonyl (C=O) groups excluding carboxylic acids is 1. The first kappa shape index (κ1) is 23.4. The van der Waals surface area contributed by atoms with Crippen molar-refractivity contribution >= 4 is 33.0 Å². The largest absolute Gasteiger partial charge is 0.476 e. The predicted molar refractivity (Wildman–Crippen MR) is 133 cm³/mol. The van der Waals surface area contributed by atoms with Gasteiger partial charge in [0, 0.05) is 24.5 Å². The average molecular weight is 472 g/mol. The second kappa shape index (κ2) is 8.89. The lowest BCUT2D eigenvalue weighted by Gasteiger charge is -2.35. The van der Waals surface area contributed by atoms with Gasteiger partial charge in [0.25, 0.3) is 5.91 Å². The molecule has 0 spiro atoms. The normalized spacial score (nSPS) is 19.0. The van der Waals surface area contributed by atoms with Gasteiger partial charge in [0.05, 0.1) is 18.5 Å². The number of hydrogen-bond acceptors (Lipinski definition) is 5. The fourth-order valence-corrected chi connectivity index (χ4v) is 5.21. The van der Waals surface area contributed by atoms with E-state index >= 15 is 0 Å². The summed E-state index contributed by atoms with van der Waals surface area (Å²) < 4.78 is 32.3. The molecule has 2 aliphatic heterocycles. The van der Waals surface area contributed by atoms with Crippen LogP contribution in [0.25, 0.3) is 0 Å². The molecular formula is C25H33N3O4S. The lowest BCUT2D eigenvalue weighted by Crippen LogP contribution is -2.48. The number of hydrogen-bond donors (Lipinski definition) is 1. The topological polar surface area (TPSA) is 79.0 Å². The van der Waals surface area contributed by atoms with E-state index in [1.807, 2.05) is 36.4 Å². The van der Waals surface area contributed by atoms with Gasteiger partial charge in [-0.1, -0.05) is 26.8 Å². The van der Waals surface area contributed by atoms with E-state index in [0.717, 1.165) is 30.6 Å². The molecule has 8 heteroatoms. The minimum absolute atomic E-state index is 0.0723. The lowest BCUT2D eigenvalue weighted by atomic mass is 9.86.